The molecule has 10 nitrogen and oxygen atoms in total. The van der Waals surface area contributed by atoms with E-state index in [-0.39, 0.29) is 21.1 Å². The molecule has 0 radical (unpaired) electrons. The smallest absolute Gasteiger partial charge is 0.338 e. The Kier molecular flexibility index (Phi) is 6.53. The molecule has 0 saturated heterocycles. The topological polar surface area (TPSA) is 147 Å². The number of sulfonamides is 1. The summed E-state index contributed by atoms with van der Waals surface area (Å²) in [5.74, 6) is -2.02. The van der Waals surface area contributed by atoms with Gasteiger partial charge < -0.3 is 15.2 Å². The Hall–Kier alpha value is -3.65. The molecule has 3 fully saturated rings. The summed E-state index contributed by atoms with van der Waals surface area (Å²) in [6.45, 7) is 0. The van der Waals surface area contributed by atoms with Gasteiger partial charge in [0, 0.05) is 38.8 Å². The second-order valence-corrected chi connectivity index (χ2v) is 13.3. The average Bonchev–Trinajstić information content (AvgIpc) is 3.44. The zero-order chi connectivity index (χ0) is 29.2. The summed E-state index contributed by atoms with van der Waals surface area (Å²) in [6, 6.07) is 8.08. The number of aromatic nitrogens is 1. The van der Waals surface area contributed by atoms with Crippen molar-refractivity contribution in [3.8, 4) is 0 Å². The molecule has 1 aliphatic heterocycles. The lowest BCUT2D eigenvalue weighted by molar-refractivity contribution is -0.138. The van der Waals surface area contributed by atoms with Gasteiger partial charge in [-0.25, -0.2) is 32.1 Å². The molecular weight excluding hydrogens is 595 g/mol. The Morgan fingerprint density at radius 2 is 1.98 bits per heavy atom. The first kappa shape index (κ1) is 27.5. The standard InChI is InChI=1S/C27H22ClFN4O6S2/c1-39-25(36)19-20(17-6-5-15(29)10-18(17)28)31-22(23-30-7-8-40-23)32-21(19)26-11-27(12-26,13-26)33-41(37,38)16-4-2-3-14(9-16)24(34)35/h2-10,20,33H,11-13H2,1H3,(H,31,32)(H,34,35). The molecular formula is C27H22ClFN4O6S2. The zero-order valence-corrected chi connectivity index (χ0v) is 23.7. The molecule has 212 valence electrons. The van der Waals surface area contributed by atoms with E-state index in [1.54, 1.807) is 11.6 Å². The molecule has 1 aromatic heterocycles. The number of allylic oxidation sites excluding steroid dienone is 1. The van der Waals surface area contributed by atoms with Crippen molar-refractivity contribution in [2.45, 2.75) is 35.7 Å². The van der Waals surface area contributed by atoms with Crippen LogP contribution in [0.2, 0.25) is 5.02 Å². The summed E-state index contributed by atoms with van der Waals surface area (Å²) in [7, 11) is -2.78. The van der Waals surface area contributed by atoms with Crippen molar-refractivity contribution in [2.75, 3.05) is 7.11 Å². The van der Waals surface area contributed by atoms with Gasteiger partial charge in [0.25, 0.3) is 0 Å². The first-order valence-corrected chi connectivity index (χ1v) is 15.1. The molecule has 4 aliphatic rings. The molecule has 0 spiro atoms. The molecule has 3 N–H and O–H groups in total. The zero-order valence-electron chi connectivity index (χ0n) is 21.4. The van der Waals surface area contributed by atoms with E-state index >= 15 is 0 Å². The van der Waals surface area contributed by atoms with Gasteiger partial charge in [-0.05, 0) is 49.6 Å². The number of amidine groups is 1. The van der Waals surface area contributed by atoms with Crippen LogP contribution in [0.1, 0.15) is 46.2 Å². The lowest BCUT2D eigenvalue weighted by Gasteiger charge is -2.71. The summed E-state index contributed by atoms with van der Waals surface area (Å²) in [5, 5.41) is 15.0. The number of hydrogen-bond acceptors (Lipinski definition) is 9. The van der Waals surface area contributed by atoms with E-state index in [2.05, 4.69) is 15.0 Å². The third kappa shape index (κ3) is 4.62. The second kappa shape index (κ2) is 9.72. The fourth-order valence-corrected chi connectivity index (χ4v) is 8.29. The quantitative estimate of drug-likeness (QED) is 0.321. The molecule has 0 amide bonds. The van der Waals surface area contributed by atoms with E-state index < -0.39 is 44.8 Å². The van der Waals surface area contributed by atoms with Gasteiger partial charge in [0.1, 0.15) is 11.9 Å². The molecule has 14 heteroatoms. The molecule has 1 atom stereocenters. The van der Waals surface area contributed by atoms with Crippen LogP contribution in [0.25, 0.3) is 0 Å². The van der Waals surface area contributed by atoms with Gasteiger partial charge in [0.2, 0.25) is 10.0 Å². The maximum absolute atomic E-state index is 13.9. The summed E-state index contributed by atoms with van der Waals surface area (Å²) in [5.41, 5.74) is -0.372. The van der Waals surface area contributed by atoms with Crippen molar-refractivity contribution in [1.82, 2.24) is 15.0 Å². The maximum atomic E-state index is 13.9. The highest BCUT2D eigenvalue weighted by Gasteiger charge is 2.71. The highest BCUT2D eigenvalue weighted by molar-refractivity contribution is 7.89. The Bertz CT molecular complexity index is 1750. The Morgan fingerprint density at radius 3 is 2.61 bits per heavy atom. The van der Waals surface area contributed by atoms with E-state index in [1.807, 2.05) is 0 Å². The van der Waals surface area contributed by atoms with Gasteiger partial charge in [-0.2, -0.15) is 0 Å². The van der Waals surface area contributed by atoms with Gasteiger partial charge in [-0.3, -0.25) is 4.99 Å². The monoisotopic (exact) mass is 616 g/mol. The molecule has 3 saturated carbocycles. The van der Waals surface area contributed by atoms with Gasteiger partial charge in [0.15, 0.2) is 10.8 Å². The van der Waals surface area contributed by atoms with Crippen LogP contribution < -0.4 is 10.0 Å². The van der Waals surface area contributed by atoms with E-state index in [9.17, 15) is 27.5 Å². The largest absolute Gasteiger partial charge is 0.478 e. The lowest BCUT2D eigenvalue weighted by atomic mass is 9.38. The molecule has 1 unspecified atom stereocenters. The molecule has 2 heterocycles. The highest BCUT2D eigenvalue weighted by atomic mass is 35.5. The number of thiazole rings is 1. The first-order chi connectivity index (χ1) is 19.5. The van der Waals surface area contributed by atoms with Crippen LogP contribution in [-0.2, 0) is 19.6 Å². The number of halogens is 2. The third-order valence-electron chi connectivity index (χ3n) is 7.64. The SMILES string of the molecule is COC(=O)C1=C(C23CC(NS(=O)(=O)c4cccc(C(=O)O)c4)(C2)C3)NC(c2nccs2)=NC1c1ccc(F)cc1Cl. The van der Waals surface area contributed by atoms with Crippen LogP contribution in [0.15, 0.2) is 75.2 Å². The van der Waals surface area contributed by atoms with E-state index in [4.69, 9.17) is 21.3 Å². The third-order valence-corrected chi connectivity index (χ3v) is 10.3. The maximum Gasteiger partial charge on any atom is 0.338 e. The van der Waals surface area contributed by atoms with E-state index in [1.165, 1.54) is 48.8 Å². The van der Waals surface area contributed by atoms with E-state index in [0.29, 0.717) is 41.4 Å². The second-order valence-electron chi connectivity index (χ2n) is 10.3. The highest BCUT2D eigenvalue weighted by Crippen LogP contribution is 2.71. The van der Waals surface area contributed by atoms with Crippen molar-refractivity contribution >= 4 is 50.7 Å². The number of hydrogen-bond donors (Lipinski definition) is 3. The predicted octanol–water partition coefficient (Wildman–Crippen LogP) is 4.05. The van der Waals surface area contributed by atoms with Crippen LogP contribution in [0.3, 0.4) is 0 Å². The number of carbonyl (C=O) groups is 2. The van der Waals surface area contributed by atoms with Gasteiger partial charge in [-0.1, -0.05) is 23.7 Å². The van der Waals surface area contributed by atoms with Crippen LogP contribution in [0.5, 0.6) is 0 Å². The summed E-state index contributed by atoms with van der Waals surface area (Å²) < 4.78 is 48.1. The fourth-order valence-electron chi connectivity index (χ4n) is 5.99. The van der Waals surface area contributed by atoms with Gasteiger partial charge in [0.05, 0.1) is 23.1 Å². The normalized spacial score (nSPS) is 25.0. The molecule has 3 aliphatic carbocycles. The van der Waals surface area contributed by atoms with Crippen LogP contribution in [0.4, 0.5) is 4.39 Å². The number of rotatable bonds is 8. The minimum atomic E-state index is -4.03. The van der Waals surface area contributed by atoms with Gasteiger partial charge >= 0.3 is 11.9 Å². The molecule has 2 aromatic carbocycles. The Labute approximate surface area is 243 Å². The van der Waals surface area contributed by atoms with Crippen molar-refractivity contribution in [1.29, 1.82) is 0 Å². The molecule has 41 heavy (non-hydrogen) atoms. The van der Waals surface area contributed by atoms with Crippen molar-refractivity contribution in [3.05, 3.63) is 92.3 Å². The number of carbonyl (C=O) groups excluding carboxylic acids is 1. The predicted molar refractivity (Wildman–Crippen MR) is 148 cm³/mol. The number of aliphatic imine (C=N–C) groups is 1. The minimum absolute atomic E-state index is 0.0882. The molecule has 7 rings (SSSR count). The van der Waals surface area contributed by atoms with Crippen molar-refractivity contribution in [2.24, 2.45) is 10.4 Å². The molecule has 3 aromatic rings. The number of carboxylic acids is 1. The number of nitrogens with zero attached hydrogens (tertiary/aromatic N) is 2. The Morgan fingerprint density at radius 1 is 1.22 bits per heavy atom. The summed E-state index contributed by atoms with van der Waals surface area (Å²) in [6.07, 6.45) is 2.73. The molecule has 2 bridgehead atoms. The van der Waals surface area contributed by atoms with Crippen molar-refractivity contribution < 1.29 is 32.2 Å². The number of ether oxygens (including phenoxy) is 1. The minimum Gasteiger partial charge on any atom is -0.478 e. The van der Waals surface area contributed by atoms with Crippen LogP contribution in [-0.4, -0.2) is 48.9 Å². The van der Waals surface area contributed by atoms with Gasteiger partial charge in [-0.15, -0.1) is 11.3 Å². The first-order valence-electron chi connectivity index (χ1n) is 12.4. The fraction of sp³-hybridized carbons (Fsp3) is 0.259. The number of esters is 1. The van der Waals surface area contributed by atoms with Crippen LogP contribution >= 0.6 is 22.9 Å². The number of aromatic carboxylic acids is 1. The number of nitrogens with one attached hydrogen (secondary N) is 2. The number of methoxy groups -OCH3 is 1. The number of carboxylic acid groups (broad SMARTS) is 1. The summed E-state index contributed by atoms with van der Waals surface area (Å²) in [4.78, 5) is 33.5. The van der Waals surface area contributed by atoms with Crippen molar-refractivity contribution in [3.63, 3.8) is 0 Å². The summed E-state index contributed by atoms with van der Waals surface area (Å²) >= 11 is 7.76. The van der Waals surface area contributed by atoms with E-state index in [0.717, 1.165) is 12.1 Å². The lowest BCUT2D eigenvalue weighted by Crippen LogP contribution is -2.76. The number of benzene rings is 2. The van der Waals surface area contributed by atoms with Crippen LogP contribution in [0, 0.1) is 11.2 Å². The Balaban J connectivity index is 1.36. The average molecular weight is 617 g/mol.